The molecule has 5 N–H and O–H groups in total. The van der Waals surface area contributed by atoms with E-state index in [2.05, 4.69) is 20.6 Å². The number of aromatic nitrogens is 2. The number of hydrogen-bond acceptors (Lipinski definition) is 13. The zero-order valence-electron chi connectivity index (χ0n) is 28.7. The van der Waals surface area contributed by atoms with Crippen LogP contribution in [0.1, 0.15) is 46.5 Å². The van der Waals surface area contributed by atoms with Gasteiger partial charge in [-0.3, -0.25) is 4.79 Å². The van der Waals surface area contributed by atoms with Gasteiger partial charge in [0.05, 0.1) is 0 Å². The summed E-state index contributed by atoms with van der Waals surface area (Å²) in [6, 6.07) is 13.3. The lowest BCUT2D eigenvalue weighted by Gasteiger charge is -2.33. The van der Waals surface area contributed by atoms with Crippen molar-refractivity contribution in [2.45, 2.75) is 64.1 Å². The van der Waals surface area contributed by atoms with Crippen LogP contribution in [0.15, 0.2) is 45.2 Å². The fourth-order valence-electron chi connectivity index (χ4n) is 5.48. The summed E-state index contributed by atoms with van der Waals surface area (Å²) in [5, 5.41) is 23.9. The number of fused-ring (bicyclic) bond motifs is 2. The number of hydrogen-bond donors (Lipinski definition) is 4. The highest BCUT2D eigenvalue weighted by Gasteiger charge is 2.28. The number of piperidine rings is 2. The van der Waals surface area contributed by atoms with Crippen LogP contribution in [0.3, 0.4) is 0 Å². The van der Waals surface area contributed by atoms with E-state index in [1.54, 1.807) is 41.3 Å². The van der Waals surface area contributed by atoms with Gasteiger partial charge < -0.3 is 54.3 Å². The third kappa shape index (κ3) is 10.5. The second-order valence-corrected chi connectivity index (χ2v) is 13.1. The number of nitriles is 1. The first-order valence-electron chi connectivity index (χ1n) is 16.6. The SMILES string of the molecule is CC(C)(C)OC(=O)N1CCC(Nc2nc3cc(OCC(N)=O)ccc3o2)CC1.N#CCOc1ccc2oc(NC3CCN(C(=O)O)CC3)nc2c1. The summed E-state index contributed by atoms with van der Waals surface area (Å²) in [4.78, 5) is 45.7. The molecule has 4 heterocycles. The number of nitrogens with two attached hydrogens (primary N) is 1. The van der Waals surface area contributed by atoms with Gasteiger partial charge in [0.1, 0.15) is 34.2 Å². The highest BCUT2D eigenvalue weighted by Crippen LogP contribution is 2.27. The Morgan fingerprint density at radius 1 is 0.882 bits per heavy atom. The fraction of sp³-hybridized carbons (Fsp3) is 0.471. The first kappa shape index (κ1) is 36.4. The molecule has 2 aliphatic rings. The van der Waals surface area contributed by atoms with Crippen LogP contribution in [-0.2, 0) is 9.53 Å². The van der Waals surface area contributed by atoms with E-state index in [-0.39, 0.29) is 31.4 Å². The van der Waals surface area contributed by atoms with Gasteiger partial charge in [-0.25, -0.2) is 9.59 Å². The molecular weight excluding hydrogens is 664 g/mol. The van der Waals surface area contributed by atoms with Crippen LogP contribution in [0, 0.1) is 11.3 Å². The zero-order valence-corrected chi connectivity index (χ0v) is 28.7. The van der Waals surface area contributed by atoms with Crippen molar-refractivity contribution in [3.63, 3.8) is 0 Å². The number of primary amides is 1. The molecule has 0 atom stereocenters. The summed E-state index contributed by atoms with van der Waals surface area (Å²) in [6.07, 6.45) is 1.80. The molecule has 0 radical (unpaired) electrons. The quantitative estimate of drug-likeness (QED) is 0.183. The minimum Gasteiger partial charge on any atom is -0.484 e. The van der Waals surface area contributed by atoms with Crippen molar-refractivity contribution in [1.29, 1.82) is 5.26 Å². The Morgan fingerprint density at radius 2 is 1.37 bits per heavy atom. The van der Waals surface area contributed by atoms with E-state index < -0.39 is 17.6 Å². The van der Waals surface area contributed by atoms with Crippen molar-refractivity contribution in [1.82, 2.24) is 19.8 Å². The van der Waals surface area contributed by atoms with Gasteiger partial charge in [0.25, 0.3) is 17.9 Å². The molecular formula is C34H42N8O9. The number of ether oxygens (including phenoxy) is 3. The van der Waals surface area contributed by atoms with Gasteiger partial charge in [0.2, 0.25) is 0 Å². The highest BCUT2D eigenvalue weighted by molar-refractivity contribution is 5.78. The van der Waals surface area contributed by atoms with Crippen molar-refractivity contribution in [3.05, 3.63) is 36.4 Å². The van der Waals surface area contributed by atoms with Gasteiger partial charge in [-0.1, -0.05) is 0 Å². The molecule has 17 heteroatoms. The maximum atomic E-state index is 12.1. The number of benzene rings is 2. The van der Waals surface area contributed by atoms with Crippen molar-refractivity contribution in [2.75, 3.05) is 50.0 Å². The molecule has 0 bridgehead atoms. The van der Waals surface area contributed by atoms with E-state index >= 15 is 0 Å². The molecule has 17 nitrogen and oxygen atoms in total. The molecule has 51 heavy (non-hydrogen) atoms. The maximum Gasteiger partial charge on any atom is 0.410 e. The van der Waals surface area contributed by atoms with Crippen LogP contribution in [0.25, 0.3) is 22.2 Å². The van der Waals surface area contributed by atoms with E-state index in [9.17, 15) is 14.4 Å². The fourth-order valence-corrected chi connectivity index (χ4v) is 5.48. The lowest BCUT2D eigenvalue weighted by Crippen LogP contribution is -2.44. The Hall–Kier alpha value is -5.92. The minimum absolute atomic E-state index is 0.0172. The molecule has 0 saturated carbocycles. The number of carbonyl (C=O) groups excluding carboxylic acids is 2. The van der Waals surface area contributed by atoms with E-state index in [1.165, 1.54) is 4.90 Å². The topological polar surface area (TPSA) is 232 Å². The first-order chi connectivity index (χ1) is 24.3. The van der Waals surface area contributed by atoms with Crippen molar-refractivity contribution in [3.8, 4) is 17.6 Å². The van der Waals surface area contributed by atoms with Gasteiger partial charge in [-0.15, -0.1) is 0 Å². The Kier molecular flexibility index (Phi) is 11.5. The van der Waals surface area contributed by atoms with Gasteiger partial charge in [0, 0.05) is 50.4 Å². The van der Waals surface area contributed by atoms with Crippen LogP contribution >= 0.6 is 0 Å². The largest absolute Gasteiger partial charge is 0.484 e. The lowest BCUT2D eigenvalue weighted by atomic mass is 10.1. The van der Waals surface area contributed by atoms with E-state index in [0.717, 1.165) is 12.8 Å². The Labute approximate surface area is 293 Å². The molecule has 0 aliphatic carbocycles. The van der Waals surface area contributed by atoms with E-state index in [4.69, 9.17) is 39.1 Å². The number of oxazole rings is 2. The lowest BCUT2D eigenvalue weighted by molar-refractivity contribution is -0.119. The Balaban J connectivity index is 0.000000201. The number of rotatable bonds is 9. The van der Waals surface area contributed by atoms with E-state index in [1.807, 2.05) is 26.8 Å². The second-order valence-electron chi connectivity index (χ2n) is 13.1. The maximum absolute atomic E-state index is 12.1. The summed E-state index contributed by atoms with van der Waals surface area (Å²) in [7, 11) is 0. The zero-order chi connectivity index (χ0) is 36.5. The number of carbonyl (C=O) groups is 3. The van der Waals surface area contributed by atoms with Crippen molar-refractivity contribution < 1.29 is 42.5 Å². The molecule has 0 unspecified atom stereocenters. The summed E-state index contributed by atoms with van der Waals surface area (Å²) >= 11 is 0. The minimum atomic E-state index is -0.879. The molecule has 3 amide bonds. The normalized spacial score (nSPS) is 15.4. The third-order valence-electron chi connectivity index (χ3n) is 7.97. The summed E-state index contributed by atoms with van der Waals surface area (Å²) in [5.41, 5.74) is 7.08. The van der Waals surface area contributed by atoms with Crippen LogP contribution in [-0.4, -0.2) is 100 Å². The standard InChI is InChI=1S/C19H26N4O5.C15H16N4O4/c1-19(2,3)28-18(25)23-8-6-12(7-9-23)21-17-22-14-10-13(26-11-16(20)24)4-5-15(14)27-17;16-5-8-22-11-1-2-13-12(9-11)18-14(23-13)17-10-3-6-19(7-4-10)15(20)21/h4-5,10,12H,6-9,11H2,1-3H3,(H2,20,24)(H,21,22);1-2,9-10H,3-4,6-8H2,(H,17,18)(H,20,21). The van der Waals surface area contributed by atoms with Crippen LogP contribution in [0.4, 0.5) is 21.6 Å². The monoisotopic (exact) mass is 706 g/mol. The second kappa shape index (κ2) is 16.2. The number of carboxylic acid groups (broad SMARTS) is 1. The number of amides is 3. The molecule has 2 aromatic heterocycles. The van der Waals surface area contributed by atoms with Crippen LogP contribution in [0.5, 0.6) is 11.5 Å². The van der Waals surface area contributed by atoms with Gasteiger partial charge in [-0.05, 0) is 70.7 Å². The molecule has 4 aromatic rings. The predicted octanol–water partition coefficient (Wildman–Crippen LogP) is 4.79. The number of nitrogens with one attached hydrogen (secondary N) is 2. The predicted molar refractivity (Wildman–Crippen MR) is 185 cm³/mol. The Morgan fingerprint density at radius 3 is 1.82 bits per heavy atom. The highest BCUT2D eigenvalue weighted by atomic mass is 16.6. The summed E-state index contributed by atoms with van der Waals surface area (Å²) in [5.74, 6) is 0.519. The molecule has 272 valence electrons. The average molecular weight is 707 g/mol. The first-order valence-corrected chi connectivity index (χ1v) is 16.6. The van der Waals surface area contributed by atoms with Gasteiger partial charge in [0.15, 0.2) is 24.4 Å². The average Bonchev–Trinajstić information content (AvgIpc) is 3.68. The van der Waals surface area contributed by atoms with Crippen LogP contribution in [0.2, 0.25) is 0 Å². The smallest absolute Gasteiger partial charge is 0.410 e. The third-order valence-corrected chi connectivity index (χ3v) is 7.97. The number of nitrogens with zero attached hydrogens (tertiary/aromatic N) is 5. The van der Waals surface area contributed by atoms with E-state index in [0.29, 0.717) is 84.7 Å². The van der Waals surface area contributed by atoms with Gasteiger partial charge >= 0.3 is 12.2 Å². The summed E-state index contributed by atoms with van der Waals surface area (Å²) in [6.45, 7) is 7.58. The van der Waals surface area contributed by atoms with Crippen LogP contribution < -0.4 is 25.8 Å². The molecule has 2 aliphatic heterocycles. The molecule has 2 saturated heterocycles. The van der Waals surface area contributed by atoms with Crippen molar-refractivity contribution >= 4 is 52.3 Å². The van der Waals surface area contributed by atoms with Gasteiger partial charge in [-0.2, -0.15) is 15.2 Å². The molecule has 2 fully saturated rings. The Bertz CT molecular complexity index is 1860. The number of likely N-dealkylation sites (tertiary alicyclic amines) is 2. The molecule has 6 rings (SSSR count). The number of anilines is 2. The molecule has 2 aromatic carbocycles. The molecule has 0 spiro atoms. The summed E-state index contributed by atoms with van der Waals surface area (Å²) < 4.78 is 27.3. The van der Waals surface area contributed by atoms with Crippen molar-refractivity contribution in [2.24, 2.45) is 5.73 Å².